The molecule has 0 saturated carbocycles. The van der Waals surface area contributed by atoms with Crippen molar-refractivity contribution in [2.75, 3.05) is 0 Å². The van der Waals surface area contributed by atoms with E-state index in [0.29, 0.717) is 77.8 Å². The van der Waals surface area contributed by atoms with Gasteiger partial charge in [-0.1, -0.05) is 66.7 Å². The van der Waals surface area contributed by atoms with E-state index in [9.17, 15) is 38.4 Å². The van der Waals surface area contributed by atoms with E-state index in [1.165, 1.54) is 0 Å². The molecule has 0 fully saturated rings. The predicted octanol–water partition coefficient (Wildman–Crippen LogP) is 3.87. The molecule has 0 aliphatic carbocycles. The lowest BCUT2D eigenvalue weighted by Gasteiger charge is -1.91. The Bertz CT molecular complexity index is 1160. The molecule has 3 aromatic carbocycles. The molecule has 0 N–H and O–H groups in total. The normalized spacial score (nSPS) is 8.29. The third kappa shape index (κ3) is 20.1. The van der Waals surface area contributed by atoms with Crippen LogP contribution in [-0.4, -0.2) is 62.9 Å². The molecular formula is C31H28O10. The first-order valence-corrected chi connectivity index (χ1v) is 11.7. The van der Waals surface area contributed by atoms with Crippen molar-refractivity contribution >= 4 is 62.9 Å². The van der Waals surface area contributed by atoms with Crippen molar-refractivity contribution in [1.82, 2.24) is 0 Å². The maximum Gasteiger partial charge on any atom is 0.182 e. The topological polar surface area (TPSA) is 171 Å². The molecule has 0 heterocycles. The first kappa shape index (κ1) is 37.5. The third-order valence-electron chi connectivity index (χ3n) is 4.34. The second-order valence-electron chi connectivity index (χ2n) is 7.21. The number of hydrogen-bond donors (Lipinski definition) is 0. The van der Waals surface area contributed by atoms with E-state index in [2.05, 4.69) is 0 Å². The molecule has 10 nitrogen and oxygen atoms in total. The van der Waals surface area contributed by atoms with Gasteiger partial charge in [-0.05, 0) is 12.5 Å². The Morgan fingerprint density at radius 2 is 0.756 bits per heavy atom. The van der Waals surface area contributed by atoms with Gasteiger partial charge in [0.2, 0.25) is 0 Å². The Labute approximate surface area is 236 Å². The van der Waals surface area contributed by atoms with Crippen LogP contribution in [0.2, 0.25) is 0 Å². The van der Waals surface area contributed by atoms with Crippen molar-refractivity contribution in [3.63, 3.8) is 0 Å². The van der Waals surface area contributed by atoms with Crippen LogP contribution in [0.3, 0.4) is 0 Å². The van der Waals surface area contributed by atoms with Crippen LogP contribution < -0.4 is 0 Å². The fourth-order valence-electron chi connectivity index (χ4n) is 2.37. The Morgan fingerprint density at radius 3 is 1.02 bits per heavy atom. The first-order valence-electron chi connectivity index (χ1n) is 11.7. The van der Waals surface area contributed by atoms with E-state index >= 15 is 0 Å². The molecule has 0 amide bonds. The van der Waals surface area contributed by atoms with Crippen LogP contribution in [0.1, 0.15) is 81.4 Å². The van der Waals surface area contributed by atoms with Crippen LogP contribution >= 0.6 is 0 Å². The number of rotatable bonds is 11. The fourth-order valence-corrected chi connectivity index (χ4v) is 2.37. The van der Waals surface area contributed by atoms with Gasteiger partial charge in [-0.25, -0.2) is 0 Å². The highest BCUT2D eigenvalue weighted by atomic mass is 16.2. The highest BCUT2D eigenvalue weighted by Crippen LogP contribution is 2.02. The summed E-state index contributed by atoms with van der Waals surface area (Å²) in [7, 11) is 0. The van der Waals surface area contributed by atoms with E-state index in [1.807, 2.05) is 0 Å². The molecule has 0 radical (unpaired) electrons. The largest absolute Gasteiger partial charge is 0.303 e. The van der Waals surface area contributed by atoms with Crippen molar-refractivity contribution in [2.45, 2.75) is 19.3 Å². The summed E-state index contributed by atoms with van der Waals surface area (Å²) in [6, 6.07) is 19.6. The van der Waals surface area contributed by atoms with Gasteiger partial charge < -0.3 is 9.59 Å². The molecule has 0 aliphatic rings. The molecule has 0 unspecified atom stereocenters. The SMILES string of the molecule is O=CC=O.O=CCCCC=O.O=Cc1ccc(C=O)cc1.O=Cc1cccc(C=O)c1.O=Cc1ccccc1C=O. The third-order valence-corrected chi connectivity index (χ3v) is 4.34. The van der Waals surface area contributed by atoms with E-state index in [1.54, 1.807) is 72.8 Å². The monoisotopic (exact) mass is 560 g/mol. The number of carbonyl (C=O) groups is 10. The summed E-state index contributed by atoms with van der Waals surface area (Å²) in [5.41, 5.74) is 3.13. The van der Waals surface area contributed by atoms with Crippen LogP contribution in [0, 0.1) is 0 Å². The first-order chi connectivity index (χ1) is 19.9. The minimum atomic E-state index is 0.194. The molecule has 0 spiro atoms. The van der Waals surface area contributed by atoms with Crippen molar-refractivity contribution in [1.29, 1.82) is 0 Å². The maximum atomic E-state index is 10.2. The zero-order valence-corrected chi connectivity index (χ0v) is 21.9. The van der Waals surface area contributed by atoms with Crippen LogP contribution in [0.15, 0.2) is 72.8 Å². The summed E-state index contributed by atoms with van der Waals surface area (Å²) >= 11 is 0. The molecule has 212 valence electrons. The van der Waals surface area contributed by atoms with Gasteiger partial charge in [0.15, 0.2) is 25.1 Å². The lowest BCUT2D eigenvalue weighted by Crippen LogP contribution is -1.87. The average molecular weight is 561 g/mol. The molecule has 0 aromatic heterocycles. The lowest BCUT2D eigenvalue weighted by molar-refractivity contribution is -0.122. The van der Waals surface area contributed by atoms with Gasteiger partial charge in [0.1, 0.15) is 37.7 Å². The maximum absolute atomic E-state index is 10.2. The minimum Gasteiger partial charge on any atom is -0.303 e. The second-order valence-corrected chi connectivity index (χ2v) is 7.21. The molecule has 3 aromatic rings. The average Bonchev–Trinajstić information content (AvgIpc) is 3.05. The standard InChI is InChI=1S/3C8H6O2.C5H8O2.C2H2O2/c9-5-7-1-2-8(6-10)4-3-7;9-5-7-2-1-3-8(4-7)6-10;9-5-7-3-1-2-4-8(7)6-10;6-4-2-1-3-5-7;3-1-2-4/h3*1-6H;4-5H,1-3H2;1-2H. The lowest BCUT2D eigenvalue weighted by atomic mass is 10.1. The molecule has 41 heavy (non-hydrogen) atoms. The van der Waals surface area contributed by atoms with Gasteiger partial charge in [-0.2, -0.15) is 0 Å². The van der Waals surface area contributed by atoms with Crippen molar-refractivity contribution in [3.05, 3.63) is 106 Å². The highest BCUT2D eigenvalue weighted by molar-refractivity contribution is 6.09. The van der Waals surface area contributed by atoms with Gasteiger partial charge in [-0.15, -0.1) is 0 Å². The van der Waals surface area contributed by atoms with Crippen LogP contribution in [0.4, 0.5) is 0 Å². The zero-order chi connectivity index (χ0) is 31.1. The molecule has 10 heteroatoms. The van der Waals surface area contributed by atoms with Gasteiger partial charge in [0, 0.05) is 46.2 Å². The number of benzene rings is 3. The Balaban J connectivity index is 0. The van der Waals surface area contributed by atoms with Crippen molar-refractivity contribution in [2.24, 2.45) is 0 Å². The van der Waals surface area contributed by atoms with Crippen LogP contribution in [-0.2, 0) is 19.2 Å². The summed E-state index contributed by atoms with van der Waals surface area (Å²) in [6.45, 7) is 0. The molecule has 0 aliphatic heterocycles. The summed E-state index contributed by atoms with van der Waals surface area (Å²) in [4.78, 5) is 97.7. The Hall–Kier alpha value is -5.64. The summed E-state index contributed by atoms with van der Waals surface area (Å²) in [6.07, 6.45) is 8.02. The Morgan fingerprint density at radius 1 is 0.390 bits per heavy atom. The van der Waals surface area contributed by atoms with E-state index in [0.717, 1.165) is 25.1 Å². The van der Waals surface area contributed by atoms with E-state index in [-0.39, 0.29) is 12.6 Å². The number of unbranched alkanes of at least 4 members (excludes halogenated alkanes) is 2. The second kappa shape index (κ2) is 27.4. The van der Waals surface area contributed by atoms with Crippen molar-refractivity contribution in [3.8, 4) is 0 Å². The van der Waals surface area contributed by atoms with Gasteiger partial charge >= 0.3 is 0 Å². The minimum absolute atomic E-state index is 0.194. The molecule has 3 rings (SSSR count). The van der Waals surface area contributed by atoms with Crippen molar-refractivity contribution < 1.29 is 47.9 Å². The summed E-state index contributed by atoms with van der Waals surface area (Å²) in [5.74, 6) is 0. The number of hydrogen-bond acceptors (Lipinski definition) is 10. The predicted molar refractivity (Wildman–Crippen MR) is 150 cm³/mol. The Kier molecular flexibility index (Phi) is 25.1. The molecule has 0 atom stereocenters. The van der Waals surface area contributed by atoms with E-state index < -0.39 is 0 Å². The van der Waals surface area contributed by atoms with Gasteiger partial charge in [0.25, 0.3) is 0 Å². The van der Waals surface area contributed by atoms with Gasteiger partial charge in [-0.3, -0.25) is 38.4 Å². The van der Waals surface area contributed by atoms with Crippen LogP contribution in [0.5, 0.6) is 0 Å². The summed E-state index contributed by atoms with van der Waals surface area (Å²) in [5, 5.41) is 0. The number of aldehydes is 10. The quantitative estimate of drug-likeness (QED) is 0.190. The van der Waals surface area contributed by atoms with Gasteiger partial charge in [0.05, 0.1) is 0 Å². The summed E-state index contributed by atoms with van der Waals surface area (Å²) < 4.78 is 0. The smallest absolute Gasteiger partial charge is 0.182 e. The molecule has 0 saturated heterocycles. The van der Waals surface area contributed by atoms with E-state index in [4.69, 9.17) is 9.59 Å². The molecule has 0 bridgehead atoms. The zero-order valence-electron chi connectivity index (χ0n) is 21.9. The highest BCUT2D eigenvalue weighted by Gasteiger charge is 1.95. The molecular weight excluding hydrogens is 532 g/mol. The number of carbonyl (C=O) groups excluding carboxylic acids is 10. The van der Waals surface area contributed by atoms with Crippen LogP contribution in [0.25, 0.3) is 0 Å². The fraction of sp³-hybridized carbons (Fsp3) is 0.0968.